The monoisotopic (exact) mass is 343 g/mol. The minimum atomic E-state index is 0.244. The van der Waals surface area contributed by atoms with Crippen LogP contribution >= 0.6 is 0 Å². The van der Waals surface area contributed by atoms with E-state index in [-0.39, 0.29) is 6.79 Å². The first-order chi connectivity index (χ1) is 12.8. The Labute approximate surface area is 151 Å². The number of hydrogen-bond acceptors (Lipinski definition) is 5. The van der Waals surface area contributed by atoms with Gasteiger partial charge in [-0.2, -0.15) is 0 Å². The molecule has 0 N–H and O–H groups in total. The fourth-order valence-electron chi connectivity index (χ4n) is 2.65. The Hall–Kier alpha value is -3.47. The largest absolute Gasteiger partial charge is 0.454 e. The van der Waals surface area contributed by atoms with Crippen molar-refractivity contribution in [1.29, 1.82) is 0 Å². The van der Waals surface area contributed by atoms with Gasteiger partial charge in [0.1, 0.15) is 0 Å². The number of fused-ring (bicyclic) bond motifs is 1. The van der Waals surface area contributed by atoms with Crippen molar-refractivity contribution < 1.29 is 9.47 Å². The van der Waals surface area contributed by atoms with Crippen molar-refractivity contribution in [2.45, 2.75) is 6.92 Å². The molecule has 128 valence electrons. The van der Waals surface area contributed by atoms with Crippen LogP contribution in [0.2, 0.25) is 0 Å². The minimum absolute atomic E-state index is 0.244. The molecule has 3 aromatic rings. The molecule has 1 aliphatic rings. The van der Waals surface area contributed by atoms with Crippen molar-refractivity contribution in [3.05, 3.63) is 84.5 Å². The molecule has 0 saturated heterocycles. The molecule has 0 fully saturated rings. The Balaban J connectivity index is 1.76. The van der Waals surface area contributed by atoms with Crippen LogP contribution in [0.15, 0.2) is 78.1 Å². The summed E-state index contributed by atoms with van der Waals surface area (Å²) < 4.78 is 10.8. The maximum absolute atomic E-state index is 5.44. The zero-order chi connectivity index (χ0) is 17.8. The number of benzene rings is 1. The third kappa shape index (κ3) is 3.47. The third-order valence-corrected chi connectivity index (χ3v) is 3.96. The van der Waals surface area contributed by atoms with Gasteiger partial charge in [-0.25, -0.2) is 4.99 Å². The number of ether oxygens (including phenoxy) is 2. The molecule has 0 amide bonds. The number of hydrogen-bond donors (Lipinski definition) is 0. The van der Waals surface area contributed by atoms with Crippen LogP contribution in [-0.2, 0) is 0 Å². The van der Waals surface area contributed by atoms with Crippen LogP contribution in [0.3, 0.4) is 0 Å². The smallest absolute Gasteiger partial charge is 0.231 e. The van der Waals surface area contributed by atoms with E-state index in [0.717, 1.165) is 34.1 Å². The van der Waals surface area contributed by atoms with E-state index in [1.54, 1.807) is 12.4 Å². The molecule has 26 heavy (non-hydrogen) atoms. The van der Waals surface area contributed by atoms with Crippen LogP contribution in [-0.4, -0.2) is 22.5 Å². The lowest BCUT2D eigenvalue weighted by atomic mass is 10.1. The highest BCUT2D eigenvalue weighted by molar-refractivity contribution is 6.11. The van der Waals surface area contributed by atoms with Crippen molar-refractivity contribution in [2.24, 2.45) is 4.99 Å². The first-order valence-electron chi connectivity index (χ1n) is 8.29. The van der Waals surface area contributed by atoms with Gasteiger partial charge < -0.3 is 9.47 Å². The molecule has 0 spiro atoms. The second kappa shape index (κ2) is 7.19. The van der Waals surface area contributed by atoms with E-state index in [1.165, 1.54) is 0 Å². The Kier molecular flexibility index (Phi) is 4.43. The lowest BCUT2D eigenvalue weighted by Gasteiger charge is -2.05. The highest BCUT2D eigenvalue weighted by atomic mass is 16.7. The molecule has 0 atom stereocenters. The molecular formula is C21H17N3O2. The predicted molar refractivity (Wildman–Crippen MR) is 101 cm³/mol. The van der Waals surface area contributed by atoms with Crippen molar-refractivity contribution in [3.63, 3.8) is 0 Å². The van der Waals surface area contributed by atoms with Gasteiger partial charge in [-0.3, -0.25) is 9.97 Å². The number of nitrogens with zero attached hydrogens (tertiary/aromatic N) is 3. The quantitative estimate of drug-likeness (QED) is 0.658. The van der Waals surface area contributed by atoms with Gasteiger partial charge in [-0.05, 0) is 55.0 Å². The molecule has 1 aliphatic heterocycles. The summed E-state index contributed by atoms with van der Waals surface area (Å²) in [4.78, 5) is 13.6. The lowest BCUT2D eigenvalue weighted by Crippen LogP contribution is -2.01. The van der Waals surface area contributed by atoms with Crippen molar-refractivity contribution in [2.75, 3.05) is 6.79 Å². The second-order valence-electron chi connectivity index (χ2n) is 5.79. The fourth-order valence-corrected chi connectivity index (χ4v) is 2.65. The standard InChI is InChI=1S/C21H17N3O2/c1-15(17-6-2-4-10-22-17)12-19(18-7-3-5-11-23-18)24-16-8-9-20-21(13-16)26-14-25-20/h2-13H,14H2,1H3/b15-12+,24-19?. The number of rotatable bonds is 4. The molecule has 0 aliphatic carbocycles. The van der Waals surface area contributed by atoms with Crippen LogP contribution in [0.4, 0.5) is 5.69 Å². The summed E-state index contributed by atoms with van der Waals surface area (Å²) in [6.07, 6.45) is 5.53. The van der Waals surface area contributed by atoms with Crippen molar-refractivity contribution in [3.8, 4) is 11.5 Å². The first kappa shape index (κ1) is 16.0. The third-order valence-electron chi connectivity index (χ3n) is 3.96. The van der Waals surface area contributed by atoms with Gasteiger partial charge in [0.15, 0.2) is 11.5 Å². The van der Waals surface area contributed by atoms with E-state index in [0.29, 0.717) is 5.75 Å². The van der Waals surface area contributed by atoms with Crippen LogP contribution in [0.1, 0.15) is 18.3 Å². The highest BCUT2D eigenvalue weighted by Gasteiger charge is 2.13. The van der Waals surface area contributed by atoms with E-state index < -0.39 is 0 Å². The number of allylic oxidation sites excluding steroid dienone is 2. The number of pyridine rings is 2. The molecule has 1 aromatic carbocycles. The molecule has 0 radical (unpaired) electrons. The molecular weight excluding hydrogens is 326 g/mol. The van der Waals surface area contributed by atoms with Gasteiger partial charge in [0.2, 0.25) is 6.79 Å². The van der Waals surface area contributed by atoms with Gasteiger partial charge in [0.05, 0.1) is 22.8 Å². The van der Waals surface area contributed by atoms with Crippen molar-refractivity contribution >= 4 is 17.0 Å². The Bertz CT molecular complexity index is 967. The summed E-state index contributed by atoms with van der Waals surface area (Å²) in [5.74, 6) is 1.44. The average molecular weight is 343 g/mol. The Morgan fingerprint density at radius 2 is 1.65 bits per heavy atom. The van der Waals surface area contributed by atoms with Crippen LogP contribution in [0.5, 0.6) is 11.5 Å². The summed E-state index contributed by atoms with van der Waals surface area (Å²) in [6.45, 7) is 2.26. The van der Waals surface area contributed by atoms with Gasteiger partial charge in [0, 0.05) is 18.5 Å². The topological polar surface area (TPSA) is 56.6 Å². The summed E-state index contributed by atoms with van der Waals surface area (Å²) in [6, 6.07) is 17.3. The van der Waals surface area contributed by atoms with Gasteiger partial charge in [-0.1, -0.05) is 12.1 Å². The highest BCUT2D eigenvalue weighted by Crippen LogP contribution is 2.35. The summed E-state index contributed by atoms with van der Waals surface area (Å²) in [5, 5.41) is 0. The van der Waals surface area contributed by atoms with Gasteiger partial charge >= 0.3 is 0 Å². The van der Waals surface area contributed by atoms with Crippen LogP contribution in [0.25, 0.3) is 5.57 Å². The molecule has 0 unspecified atom stereocenters. The molecule has 5 heteroatoms. The maximum atomic E-state index is 5.44. The van der Waals surface area contributed by atoms with Gasteiger partial charge in [-0.15, -0.1) is 0 Å². The van der Waals surface area contributed by atoms with Gasteiger partial charge in [0.25, 0.3) is 0 Å². The average Bonchev–Trinajstić information content (AvgIpc) is 3.16. The molecule has 3 heterocycles. The number of aliphatic imine (C=N–C) groups is 1. The predicted octanol–water partition coefficient (Wildman–Crippen LogP) is 4.43. The minimum Gasteiger partial charge on any atom is -0.454 e. The van der Waals surface area contributed by atoms with Crippen molar-refractivity contribution in [1.82, 2.24) is 9.97 Å². The molecule has 4 rings (SSSR count). The maximum Gasteiger partial charge on any atom is 0.231 e. The Morgan fingerprint density at radius 1 is 0.923 bits per heavy atom. The normalized spacial score (nSPS) is 13.7. The van der Waals surface area contributed by atoms with E-state index in [1.807, 2.05) is 67.6 Å². The summed E-state index contributed by atoms with van der Waals surface area (Å²) in [7, 11) is 0. The molecule has 5 nitrogen and oxygen atoms in total. The molecule has 2 aromatic heterocycles. The van der Waals surface area contributed by atoms with E-state index in [9.17, 15) is 0 Å². The lowest BCUT2D eigenvalue weighted by molar-refractivity contribution is 0.174. The molecule has 0 saturated carbocycles. The fraction of sp³-hybridized carbons (Fsp3) is 0.0952. The van der Waals surface area contributed by atoms with Crippen LogP contribution < -0.4 is 9.47 Å². The summed E-state index contributed by atoms with van der Waals surface area (Å²) in [5.41, 5.74) is 4.24. The molecule has 0 bridgehead atoms. The zero-order valence-corrected chi connectivity index (χ0v) is 14.3. The number of aromatic nitrogens is 2. The zero-order valence-electron chi connectivity index (χ0n) is 14.3. The van der Waals surface area contributed by atoms with Crippen LogP contribution in [0, 0.1) is 0 Å². The van der Waals surface area contributed by atoms with E-state index in [2.05, 4.69) is 9.97 Å². The second-order valence-corrected chi connectivity index (χ2v) is 5.79. The van der Waals surface area contributed by atoms with E-state index >= 15 is 0 Å². The summed E-state index contributed by atoms with van der Waals surface area (Å²) >= 11 is 0. The first-order valence-corrected chi connectivity index (χ1v) is 8.29. The SMILES string of the molecule is C/C(=C\C(=Nc1ccc2c(c1)OCO2)c1ccccn1)c1ccccn1. The Morgan fingerprint density at radius 3 is 2.38 bits per heavy atom. The van der Waals surface area contributed by atoms with E-state index in [4.69, 9.17) is 14.5 Å².